The molecule has 0 aliphatic carbocycles. The van der Waals surface area contributed by atoms with Crippen LogP contribution in [0.5, 0.6) is 11.5 Å². The van der Waals surface area contributed by atoms with Crippen molar-refractivity contribution in [3.8, 4) is 11.5 Å². The Hall–Kier alpha value is -3.29. The van der Waals surface area contributed by atoms with Crippen LogP contribution in [0.1, 0.15) is 48.9 Å². The molecule has 0 saturated heterocycles. The lowest BCUT2D eigenvalue weighted by atomic mass is 10.0. The lowest BCUT2D eigenvalue weighted by Gasteiger charge is -2.14. The summed E-state index contributed by atoms with van der Waals surface area (Å²) in [7, 11) is 1.33. The molecule has 3 aromatic rings. The molecule has 0 amide bonds. The third-order valence-electron chi connectivity index (χ3n) is 5.30. The van der Waals surface area contributed by atoms with E-state index >= 15 is 0 Å². The van der Waals surface area contributed by atoms with Crippen molar-refractivity contribution >= 4 is 16.9 Å². The molecule has 5 nitrogen and oxygen atoms in total. The van der Waals surface area contributed by atoms with E-state index in [1.54, 1.807) is 12.1 Å². The number of hydrogen-bond donors (Lipinski definition) is 1. The molecule has 176 valence electrons. The van der Waals surface area contributed by atoms with Gasteiger partial charge < -0.3 is 14.6 Å². The molecular weight excluding hydrogens is 435 g/mol. The number of para-hydroxylation sites is 1. The van der Waals surface area contributed by atoms with Gasteiger partial charge in [-0.05, 0) is 48.6 Å². The standard InChI is InChI=1S/C25H26F3NO4/c1-32-22-15-23(25(26,27)28)29-20-13-12-17(14-19(20)22)16-33-21-10-7-6-9-18(21)8-4-2-3-5-11-24(30)31/h6-7,9-10,12-15H,2-5,8,11,16H2,1H3,(H,30,31). The monoisotopic (exact) mass is 461 g/mol. The third kappa shape index (κ3) is 6.84. The highest BCUT2D eigenvalue weighted by molar-refractivity contribution is 5.86. The molecule has 8 heteroatoms. The van der Waals surface area contributed by atoms with Crippen LogP contribution in [0.4, 0.5) is 13.2 Å². The second kappa shape index (κ2) is 11.0. The topological polar surface area (TPSA) is 68.7 Å². The Balaban J connectivity index is 1.66. The third-order valence-corrected chi connectivity index (χ3v) is 5.30. The highest BCUT2D eigenvalue weighted by atomic mass is 19.4. The Bertz CT molecular complexity index is 1100. The first kappa shape index (κ1) is 24.4. The maximum Gasteiger partial charge on any atom is 0.433 e. The number of aryl methyl sites for hydroxylation is 1. The van der Waals surface area contributed by atoms with Crippen LogP contribution >= 0.6 is 0 Å². The minimum atomic E-state index is -4.55. The van der Waals surface area contributed by atoms with E-state index in [1.165, 1.54) is 13.2 Å². The normalized spacial score (nSPS) is 11.5. The van der Waals surface area contributed by atoms with Crippen LogP contribution in [0.2, 0.25) is 0 Å². The van der Waals surface area contributed by atoms with Crippen LogP contribution in [0.15, 0.2) is 48.5 Å². The minimum absolute atomic E-state index is 0.109. The molecule has 0 atom stereocenters. The van der Waals surface area contributed by atoms with Gasteiger partial charge in [-0.15, -0.1) is 0 Å². The van der Waals surface area contributed by atoms with Gasteiger partial charge in [0.15, 0.2) is 0 Å². The van der Waals surface area contributed by atoms with E-state index in [0.717, 1.165) is 48.6 Å². The van der Waals surface area contributed by atoms with Crippen LogP contribution in [0.3, 0.4) is 0 Å². The number of alkyl halides is 3. The summed E-state index contributed by atoms with van der Waals surface area (Å²) >= 11 is 0. The SMILES string of the molecule is COc1cc(C(F)(F)F)nc2ccc(COc3ccccc3CCCCCCC(=O)O)cc12. The Morgan fingerprint density at radius 3 is 2.48 bits per heavy atom. The number of nitrogens with zero attached hydrogens (tertiary/aromatic N) is 1. The lowest BCUT2D eigenvalue weighted by molar-refractivity contribution is -0.141. The van der Waals surface area contributed by atoms with Crippen LogP contribution in [-0.4, -0.2) is 23.2 Å². The molecule has 0 saturated carbocycles. The highest BCUT2D eigenvalue weighted by Crippen LogP contribution is 2.34. The Labute approximate surface area is 190 Å². The molecule has 0 bridgehead atoms. The fraction of sp³-hybridized carbons (Fsp3) is 0.360. The zero-order chi connectivity index (χ0) is 23.8. The summed E-state index contributed by atoms with van der Waals surface area (Å²) in [5.74, 6) is 0.0924. The highest BCUT2D eigenvalue weighted by Gasteiger charge is 2.33. The van der Waals surface area contributed by atoms with Gasteiger partial charge in [0.2, 0.25) is 0 Å². The largest absolute Gasteiger partial charge is 0.496 e. The van der Waals surface area contributed by atoms with Gasteiger partial charge in [0, 0.05) is 17.9 Å². The van der Waals surface area contributed by atoms with E-state index < -0.39 is 17.8 Å². The summed E-state index contributed by atoms with van der Waals surface area (Å²) in [6.45, 7) is 0.246. The van der Waals surface area contributed by atoms with Crippen LogP contribution in [-0.2, 0) is 24.0 Å². The molecule has 33 heavy (non-hydrogen) atoms. The first-order valence-corrected chi connectivity index (χ1v) is 10.8. The van der Waals surface area contributed by atoms with E-state index in [1.807, 2.05) is 24.3 Å². The number of methoxy groups -OCH3 is 1. The molecule has 0 aliphatic heterocycles. The molecule has 3 rings (SSSR count). The molecule has 0 radical (unpaired) electrons. The second-order valence-corrected chi connectivity index (χ2v) is 7.76. The van der Waals surface area contributed by atoms with Crippen molar-refractivity contribution in [1.82, 2.24) is 4.98 Å². The number of carboxylic acids is 1. The second-order valence-electron chi connectivity index (χ2n) is 7.76. The molecule has 1 heterocycles. The Morgan fingerprint density at radius 2 is 1.76 bits per heavy atom. The molecular formula is C25H26F3NO4. The van der Waals surface area contributed by atoms with Gasteiger partial charge in [-0.3, -0.25) is 4.79 Å². The number of ether oxygens (including phenoxy) is 2. The van der Waals surface area contributed by atoms with Crippen molar-refractivity contribution in [2.75, 3.05) is 7.11 Å². The lowest BCUT2D eigenvalue weighted by Crippen LogP contribution is -2.08. The van der Waals surface area contributed by atoms with Gasteiger partial charge in [-0.2, -0.15) is 13.2 Å². The summed E-state index contributed by atoms with van der Waals surface area (Å²) in [6.07, 6.45) is -0.110. The van der Waals surface area contributed by atoms with Crippen LogP contribution in [0.25, 0.3) is 10.9 Å². The van der Waals surface area contributed by atoms with Crippen molar-refractivity contribution in [2.45, 2.75) is 51.3 Å². The minimum Gasteiger partial charge on any atom is -0.496 e. The summed E-state index contributed by atoms with van der Waals surface area (Å²) in [4.78, 5) is 14.3. The summed E-state index contributed by atoms with van der Waals surface area (Å²) in [5.41, 5.74) is 1.05. The zero-order valence-electron chi connectivity index (χ0n) is 18.3. The number of fused-ring (bicyclic) bond motifs is 1. The maximum atomic E-state index is 13.1. The predicted molar refractivity (Wildman–Crippen MR) is 118 cm³/mol. The average Bonchev–Trinajstić information content (AvgIpc) is 2.78. The molecule has 0 fully saturated rings. The Morgan fingerprint density at radius 1 is 1.00 bits per heavy atom. The quantitative estimate of drug-likeness (QED) is 0.334. The van der Waals surface area contributed by atoms with Gasteiger partial charge in [0.1, 0.15) is 23.8 Å². The zero-order valence-corrected chi connectivity index (χ0v) is 18.3. The van der Waals surface area contributed by atoms with Crippen LogP contribution < -0.4 is 9.47 Å². The van der Waals surface area contributed by atoms with Gasteiger partial charge in [-0.25, -0.2) is 4.98 Å². The summed E-state index contributed by atoms with van der Waals surface area (Å²) in [5, 5.41) is 9.18. The number of unbranched alkanes of at least 4 members (excludes halogenated alkanes) is 3. The first-order valence-electron chi connectivity index (χ1n) is 10.8. The number of aromatic nitrogens is 1. The van der Waals surface area contributed by atoms with Crippen molar-refractivity contribution in [3.05, 3.63) is 65.4 Å². The van der Waals surface area contributed by atoms with Crippen molar-refractivity contribution in [2.24, 2.45) is 0 Å². The summed E-state index contributed by atoms with van der Waals surface area (Å²) in [6, 6.07) is 13.6. The average molecular weight is 461 g/mol. The van der Waals surface area contributed by atoms with Gasteiger partial charge in [-0.1, -0.05) is 37.1 Å². The van der Waals surface area contributed by atoms with Gasteiger partial charge >= 0.3 is 12.1 Å². The van der Waals surface area contributed by atoms with Gasteiger partial charge in [0.25, 0.3) is 0 Å². The molecule has 1 aromatic heterocycles. The van der Waals surface area contributed by atoms with E-state index in [9.17, 15) is 18.0 Å². The molecule has 1 N–H and O–H groups in total. The fourth-order valence-electron chi connectivity index (χ4n) is 3.60. The molecule has 0 spiro atoms. The molecule has 2 aromatic carbocycles. The number of rotatable bonds is 11. The van der Waals surface area contributed by atoms with E-state index in [-0.39, 0.29) is 24.3 Å². The first-order chi connectivity index (χ1) is 15.8. The van der Waals surface area contributed by atoms with Crippen molar-refractivity contribution in [1.29, 1.82) is 0 Å². The summed E-state index contributed by atoms with van der Waals surface area (Å²) < 4.78 is 50.4. The van der Waals surface area contributed by atoms with E-state index in [0.29, 0.717) is 11.8 Å². The van der Waals surface area contributed by atoms with Crippen molar-refractivity contribution < 1.29 is 32.5 Å². The van der Waals surface area contributed by atoms with Gasteiger partial charge in [0.05, 0.1) is 12.6 Å². The smallest absolute Gasteiger partial charge is 0.433 e. The van der Waals surface area contributed by atoms with Crippen molar-refractivity contribution in [3.63, 3.8) is 0 Å². The van der Waals surface area contributed by atoms with E-state index in [2.05, 4.69) is 4.98 Å². The number of aliphatic carboxylic acids is 1. The molecule has 0 unspecified atom stereocenters. The number of pyridine rings is 1. The van der Waals surface area contributed by atoms with E-state index in [4.69, 9.17) is 14.6 Å². The number of benzene rings is 2. The van der Waals surface area contributed by atoms with Crippen LogP contribution in [0, 0.1) is 0 Å². The fourth-order valence-corrected chi connectivity index (χ4v) is 3.60. The number of carboxylic acid groups (broad SMARTS) is 1. The molecule has 0 aliphatic rings. The predicted octanol–water partition coefficient (Wildman–Crippen LogP) is 6.42. The Kier molecular flexibility index (Phi) is 8.14. The number of halogens is 3. The number of carbonyl (C=O) groups is 1. The maximum absolute atomic E-state index is 13.1. The number of hydrogen-bond acceptors (Lipinski definition) is 4.